The Morgan fingerprint density at radius 3 is 3.00 bits per heavy atom. The minimum atomic E-state index is -0.732. The van der Waals surface area contributed by atoms with Crippen molar-refractivity contribution < 1.29 is 19.4 Å². The van der Waals surface area contributed by atoms with Crippen LogP contribution in [-0.4, -0.2) is 54.7 Å². The van der Waals surface area contributed by atoms with Crippen LogP contribution < -0.4 is 4.74 Å². The number of carbonyl (C=O) groups is 1. The predicted molar refractivity (Wildman–Crippen MR) is 98.7 cm³/mol. The number of benzene rings is 1. The number of rotatable bonds is 3. The predicted octanol–water partition coefficient (Wildman–Crippen LogP) is 1.60. The van der Waals surface area contributed by atoms with Crippen LogP contribution in [0.5, 0.6) is 5.75 Å². The van der Waals surface area contributed by atoms with E-state index in [1.807, 2.05) is 6.07 Å². The number of piperidine rings is 1. The Labute approximate surface area is 158 Å². The van der Waals surface area contributed by atoms with Gasteiger partial charge in [-0.25, -0.2) is 0 Å². The normalized spacial score (nSPS) is 45.5. The van der Waals surface area contributed by atoms with Crippen molar-refractivity contribution in [3.05, 3.63) is 41.0 Å². The van der Waals surface area contributed by atoms with E-state index in [2.05, 4.69) is 30.2 Å². The highest BCUT2D eigenvalue weighted by atomic mass is 16.6. The number of aldehydes is 1. The molecule has 7 rings (SSSR count). The van der Waals surface area contributed by atoms with E-state index in [0.29, 0.717) is 6.04 Å². The van der Waals surface area contributed by atoms with E-state index in [1.54, 1.807) is 7.11 Å². The first-order valence-corrected chi connectivity index (χ1v) is 9.92. The van der Waals surface area contributed by atoms with Crippen LogP contribution in [0.4, 0.5) is 0 Å². The highest BCUT2D eigenvalue weighted by molar-refractivity contribution is 5.68. The SMILES string of the molecule is CO[C@]12C=C[C@@]3(C[C@@H]1C=O)[C@H]1Cc4ccc(CO)c5c4[C@@]3(CCN1C)C2O5. The van der Waals surface area contributed by atoms with E-state index in [0.717, 1.165) is 43.4 Å². The smallest absolute Gasteiger partial charge is 0.143 e. The van der Waals surface area contributed by atoms with Crippen molar-refractivity contribution in [3.63, 3.8) is 0 Å². The molecule has 6 aliphatic rings. The maximum atomic E-state index is 12.1. The fourth-order valence-corrected chi connectivity index (χ4v) is 7.46. The molecule has 0 aromatic heterocycles. The van der Waals surface area contributed by atoms with Crippen LogP contribution in [0, 0.1) is 11.3 Å². The Morgan fingerprint density at radius 1 is 1.41 bits per heavy atom. The van der Waals surface area contributed by atoms with Gasteiger partial charge >= 0.3 is 0 Å². The third-order valence-corrected chi connectivity index (χ3v) is 8.56. The molecule has 5 nitrogen and oxygen atoms in total. The molecule has 1 saturated heterocycles. The first kappa shape index (κ1) is 16.3. The summed E-state index contributed by atoms with van der Waals surface area (Å²) in [6.45, 7) is 0.972. The minimum Gasteiger partial charge on any atom is -0.485 e. The van der Waals surface area contributed by atoms with E-state index >= 15 is 0 Å². The lowest BCUT2D eigenvalue weighted by Crippen LogP contribution is -2.79. The topological polar surface area (TPSA) is 59.0 Å². The summed E-state index contributed by atoms with van der Waals surface area (Å²) in [5.41, 5.74) is 2.44. The highest BCUT2D eigenvalue weighted by Crippen LogP contribution is 2.73. The standard InChI is InChI=1S/C22H25NO4/c1-23-8-7-21-17-13-3-4-14(11-24)18(17)27-19(21)22(26-2)6-5-20(21,16(23)9-13)10-15(22)12-25/h3-6,12,15-16,19,24H,7-11H2,1-2H3/t15-,16-,19?,20-,21+,22-/m1/s1. The molecule has 0 radical (unpaired) electrons. The van der Waals surface area contributed by atoms with Gasteiger partial charge in [0.25, 0.3) is 0 Å². The number of methoxy groups -OCH3 is 1. The van der Waals surface area contributed by atoms with Crippen LogP contribution in [-0.2, 0) is 28.0 Å². The number of aliphatic hydroxyl groups excluding tert-OH is 1. The van der Waals surface area contributed by atoms with Gasteiger partial charge in [-0.15, -0.1) is 0 Å². The highest BCUT2D eigenvalue weighted by Gasteiger charge is 2.78. The molecule has 6 atom stereocenters. The lowest BCUT2D eigenvalue weighted by molar-refractivity contribution is -0.209. The number of hydrogen-bond donors (Lipinski definition) is 1. The van der Waals surface area contributed by atoms with E-state index in [1.165, 1.54) is 11.1 Å². The zero-order valence-electron chi connectivity index (χ0n) is 15.8. The zero-order valence-corrected chi connectivity index (χ0v) is 15.8. The van der Waals surface area contributed by atoms with Gasteiger partial charge in [-0.3, -0.25) is 0 Å². The lowest BCUT2D eigenvalue weighted by Gasteiger charge is -2.70. The average molecular weight is 367 g/mol. The van der Waals surface area contributed by atoms with Crippen LogP contribution in [0.2, 0.25) is 0 Å². The Balaban J connectivity index is 1.73. The minimum absolute atomic E-state index is 0.0355. The van der Waals surface area contributed by atoms with Gasteiger partial charge in [0.05, 0.1) is 17.9 Å². The van der Waals surface area contributed by atoms with Crippen molar-refractivity contribution in [3.8, 4) is 5.75 Å². The molecule has 1 N–H and O–H groups in total. The summed E-state index contributed by atoms with van der Waals surface area (Å²) in [4.78, 5) is 14.6. The molecular weight excluding hydrogens is 342 g/mol. The van der Waals surface area contributed by atoms with E-state index in [9.17, 15) is 9.90 Å². The van der Waals surface area contributed by atoms with Crippen molar-refractivity contribution in [2.24, 2.45) is 11.3 Å². The van der Waals surface area contributed by atoms with Gasteiger partial charge in [0, 0.05) is 29.7 Å². The van der Waals surface area contributed by atoms with Crippen LogP contribution in [0.1, 0.15) is 29.5 Å². The maximum Gasteiger partial charge on any atom is 0.143 e. The van der Waals surface area contributed by atoms with Crippen molar-refractivity contribution in [1.82, 2.24) is 4.90 Å². The maximum absolute atomic E-state index is 12.1. The molecular formula is C22H25NO4. The molecule has 1 aromatic carbocycles. The molecule has 4 bridgehead atoms. The molecule has 142 valence electrons. The summed E-state index contributed by atoms with van der Waals surface area (Å²) in [7, 11) is 3.91. The number of carbonyl (C=O) groups excluding carboxylic acids is 1. The van der Waals surface area contributed by atoms with Crippen LogP contribution in [0.3, 0.4) is 0 Å². The zero-order chi connectivity index (χ0) is 18.6. The molecule has 5 heteroatoms. The van der Waals surface area contributed by atoms with E-state index in [4.69, 9.17) is 9.47 Å². The molecule has 1 aromatic rings. The Morgan fingerprint density at radius 2 is 2.26 bits per heavy atom. The van der Waals surface area contributed by atoms with E-state index in [-0.39, 0.29) is 29.5 Å². The molecule has 27 heavy (non-hydrogen) atoms. The van der Waals surface area contributed by atoms with Gasteiger partial charge < -0.3 is 24.3 Å². The Bertz CT molecular complexity index is 897. The van der Waals surface area contributed by atoms with Crippen LogP contribution in [0.15, 0.2) is 24.3 Å². The first-order chi connectivity index (χ1) is 13.1. The number of fused-ring (bicyclic) bond motifs is 1. The average Bonchev–Trinajstić information content (AvgIpc) is 3.07. The quantitative estimate of drug-likeness (QED) is 0.650. The lowest BCUT2D eigenvalue weighted by atomic mass is 9.37. The summed E-state index contributed by atoms with van der Waals surface area (Å²) >= 11 is 0. The summed E-state index contributed by atoms with van der Waals surface area (Å²) in [6, 6.07) is 4.53. The first-order valence-electron chi connectivity index (χ1n) is 9.92. The summed E-state index contributed by atoms with van der Waals surface area (Å²) < 4.78 is 12.8. The van der Waals surface area contributed by atoms with Gasteiger partial charge in [-0.2, -0.15) is 0 Å². The molecule has 0 amide bonds. The molecule has 2 aliphatic heterocycles. The monoisotopic (exact) mass is 367 g/mol. The van der Waals surface area contributed by atoms with Crippen molar-refractivity contribution in [2.45, 2.75) is 49.0 Å². The molecule has 2 heterocycles. The van der Waals surface area contributed by atoms with Crippen LogP contribution in [0.25, 0.3) is 0 Å². The van der Waals surface area contributed by atoms with Crippen LogP contribution >= 0.6 is 0 Å². The fraction of sp³-hybridized carbons (Fsp3) is 0.591. The largest absolute Gasteiger partial charge is 0.485 e. The van der Waals surface area contributed by atoms with Gasteiger partial charge in [0.15, 0.2) is 0 Å². The van der Waals surface area contributed by atoms with Gasteiger partial charge in [-0.1, -0.05) is 24.3 Å². The molecule has 1 saturated carbocycles. The number of hydrogen-bond acceptors (Lipinski definition) is 5. The second-order valence-corrected chi connectivity index (χ2v) is 9.04. The number of likely N-dealkylation sites (tertiary alicyclic amines) is 1. The number of likely N-dealkylation sites (N-methyl/N-ethyl adjacent to an activating group) is 1. The fourth-order valence-electron chi connectivity index (χ4n) is 7.46. The third-order valence-electron chi connectivity index (χ3n) is 8.56. The van der Waals surface area contributed by atoms with Gasteiger partial charge in [-0.05, 0) is 38.4 Å². The summed E-state index contributed by atoms with van der Waals surface area (Å²) in [5.74, 6) is 0.636. The summed E-state index contributed by atoms with van der Waals surface area (Å²) in [5, 5.41) is 9.95. The molecule has 1 unspecified atom stereocenters. The number of nitrogens with zero attached hydrogens (tertiary/aromatic N) is 1. The third kappa shape index (κ3) is 1.45. The number of aliphatic hydroxyl groups is 1. The van der Waals surface area contributed by atoms with Crippen molar-refractivity contribution in [2.75, 3.05) is 20.7 Å². The Hall–Kier alpha value is -1.69. The van der Waals surface area contributed by atoms with Crippen molar-refractivity contribution in [1.29, 1.82) is 0 Å². The summed E-state index contributed by atoms with van der Waals surface area (Å²) in [6.07, 6.45) is 8.09. The molecule has 2 spiro atoms. The van der Waals surface area contributed by atoms with Gasteiger partial charge in [0.2, 0.25) is 0 Å². The molecule has 2 fully saturated rings. The van der Waals surface area contributed by atoms with Crippen molar-refractivity contribution >= 4 is 6.29 Å². The van der Waals surface area contributed by atoms with E-state index < -0.39 is 5.60 Å². The second-order valence-electron chi connectivity index (χ2n) is 9.04. The Kier molecular flexibility index (Phi) is 2.91. The van der Waals surface area contributed by atoms with Gasteiger partial charge in [0.1, 0.15) is 23.7 Å². The second kappa shape index (κ2) is 4.83. The molecule has 4 aliphatic carbocycles. The number of ether oxygens (including phenoxy) is 2.